The molecule has 1 aliphatic heterocycles. The van der Waals surface area contributed by atoms with Crippen molar-refractivity contribution in [1.82, 2.24) is 5.32 Å². The Balaban J connectivity index is 0.000000292. The van der Waals surface area contributed by atoms with Gasteiger partial charge in [0.2, 0.25) is 0 Å². The van der Waals surface area contributed by atoms with E-state index in [1.54, 1.807) is 14.2 Å². The smallest absolute Gasteiger partial charge is 0.303 e. The Morgan fingerprint density at radius 1 is 1.43 bits per heavy atom. The van der Waals surface area contributed by atoms with Crippen LogP contribution in [0.2, 0.25) is 0 Å². The summed E-state index contributed by atoms with van der Waals surface area (Å²) in [6.07, 6.45) is 1.25. The minimum atomic E-state index is -0.568. The monoisotopic (exact) mass is 220 g/mol. The second kappa shape index (κ2) is 8.37. The third-order valence-electron chi connectivity index (χ3n) is 2.50. The average Bonchev–Trinajstić information content (AvgIpc) is 2.54. The van der Waals surface area contributed by atoms with E-state index in [2.05, 4.69) is 28.0 Å². The Hall–Kier alpha value is 0.0569. The molecule has 0 aromatic heterocycles. The van der Waals surface area contributed by atoms with E-state index in [9.17, 15) is 0 Å². The van der Waals surface area contributed by atoms with Gasteiger partial charge >= 0.3 is 10.0 Å². The Labute approximate surface area is 89.6 Å². The molecule has 3 unspecified atom stereocenters. The van der Waals surface area contributed by atoms with Gasteiger partial charge in [-0.2, -0.15) is 0 Å². The highest BCUT2D eigenvalue weighted by molar-refractivity contribution is 6.17. The summed E-state index contributed by atoms with van der Waals surface area (Å²) in [6.45, 7) is 5.45. The van der Waals surface area contributed by atoms with Crippen LogP contribution in [0.1, 0.15) is 20.3 Å². The lowest BCUT2D eigenvalue weighted by Gasteiger charge is -2.18. The molecule has 0 aliphatic carbocycles. The summed E-state index contributed by atoms with van der Waals surface area (Å²) in [7, 11) is 2.73. The molecule has 3 N–H and O–H groups in total. The van der Waals surface area contributed by atoms with E-state index in [-0.39, 0.29) is 0 Å². The van der Waals surface area contributed by atoms with Crippen molar-refractivity contribution < 1.29 is 8.85 Å². The summed E-state index contributed by atoms with van der Waals surface area (Å²) in [4.78, 5) is 0. The highest BCUT2D eigenvalue weighted by Crippen LogP contribution is 2.17. The molecule has 0 radical (unpaired) electrons. The van der Waals surface area contributed by atoms with Crippen LogP contribution in [0.3, 0.4) is 0 Å². The van der Waals surface area contributed by atoms with Crippen molar-refractivity contribution in [2.24, 2.45) is 11.7 Å². The van der Waals surface area contributed by atoms with Crippen molar-refractivity contribution in [3.63, 3.8) is 0 Å². The predicted octanol–water partition coefficient (Wildman–Crippen LogP) is -0.390. The zero-order valence-electron chi connectivity index (χ0n) is 9.75. The molecule has 0 amide bonds. The molecule has 1 aliphatic rings. The van der Waals surface area contributed by atoms with E-state index < -0.39 is 10.0 Å². The molecule has 86 valence electrons. The lowest BCUT2D eigenvalue weighted by Crippen LogP contribution is -2.34. The van der Waals surface area contributed by atoms with Crippen LogP contribution in [0.4, 0.5) is 0 Å². The number of rotatable bonds is 3. The SMILES string of the molecule is CC(N)C1CCNC1C.CO[SiH2]OC. The summed E-state index contributed by atoms with van der Waals surface area (Å²) >= 11 is 0. The Bertz CT molecular complexity index is 134. The van der Waals surface area contributed by atoms with Gasteiger partial charge in [0.15, 0.2) is 0 Å². The molecule has 3 atom stereocenters. The lowest BCUT2D eigenvalue weighted by molar-refractivity contribution is 0.309. The number of hydrogen-bond acceptors (Lipinski definition) is 4. The van der Waals surface area contributed by atoms with Gasteiger partial charge in [0.1, 0.15) is 0 Å². The second-order valence-electron chi connectivity index (χ2n) is 3.75. The van der Waals surface area contributed by atoms with Gasteiger partial charge in [0.05, 0.1) is 0 Å². The van der Waals surface area contributed by atoms with Gasteiger partial charge in [-0.3, -0.25) is 0 Å². The van der Waals surface area contributed by atoms with Gasteiger partial charge in [0.25, 0.3) is 0 Å². The van der Waals surface area contributed by atoms with Crippen LogP contribution in [0, 0.1) is 5.92 Å². The minimum absolute atomic E-state index is 0.356. The van der Waals surface area contributed by atoms with E-state index in [0.29, 0.717) is 18.0 Å². The third-order valence-corrected chi connectivity index (χ3v) is 2.97. The maximum Gasteiger partial charge on any atom is 0.303 e. The average molecular weight is 220 g/mol. The largest absolute Gasteiger partial charge is 0.402 e. The van der Waals surface area contributed by atoms with Crippen LogP contribution in [0.15, 0.2) is 0 Å². The first-order valence-corrected chi connectivity index (χ1v) is 6.25. The van der Waals surface area contributed by atoms with Crippen LogP contribution >= 0.6 is 0 Å². The van der Waals surface area contributed by atoms with Crippen molar-refractivity contribution in [2.75, 3.05) is 20.8 Å². The fourth-order valence-electron chi connectivity index (χ4n) is 1.72. The highest BCUT2D eigenvalue weighted by atomic mass is 28.3. The maximum atomic E-state index is 5.75. The molecule has 14 heavy (non-hydrogen) atoms. The Morgan fingerprint density at radius 2 is 2.00 bits per heavy atom. The van der Waals surface area contributed by atoms with Crippen molar-refractivity contribution in [3.05, 3.63) is 0 Å². The quantitative estimate of drug-likeness (QED) is 0.636. The van der Waals surface area contributed by atoms with Crippen molar-refractivity contribution in [1.29, 1.82) is 0 Å². The fourth-order valence-corrected chi connectivity index (χ4v) is 1.95. The Kier molecular flexibility index (Phi) is 8.41. The molecule has 1 rings (SSSR count). The van der Waals surface area contributed by atoms with Gasteiger partial charge in [-0.1, -0.05) is 0 Å². The predicted molar refractivity (Wildman–Crippen MR) is 61.8 cm³/mol. The van der Waals surface area contributed by atoms with E-state index in [1.807, 2.05) is 0 Å². The molecule has 0 aromatic carbocycles. The summed E-state index contributed by atoms with van der Waals surface area (Å²) in [5.74, 6) is 0.699. The summed E-state index contributed by atoms with van der Waals surface area (Å²) in [5.41, 5.74) is 5.75. The van der Waals surface area contributed by atoms with Crippen LogP contribution < -0.4 is 11.1 Å². The molecule has 0 bridgehead atoms. The first-order chi connectivity index (χ1) is 6.63. The third kappa shape index (κ3) is 5.72. The molecule has 0 aromatic rings. The van der Waals surface area contributed by atoms with Gasteiger partial charge in [-0.15, -0.1) is 0 Å². The fraction of sp³-hybridized carbons (Fsp3) is 1.00. The van der Waals surface area contributed by atoms with Crippen molar-refractivity contribution in [3.8, 4) is 0 Å². The topological polar surface area (TPSA) is 56.5 Å². The summed E-state index contributed by atoms with van der Waals surface area (Å²) in [5, 5.41) is 3.37. The zero-order chi connectivity index (χ0) is 11.0. The molecule has 0 spiro atoms. The van der Waals surface area contributed by atoms with E-state index >= 15 is 0 Å². The molecule has 0 saturated carbocycles. The Morgan fingerprint density at radius 3 is 2.14 bits per heavy atom. The summed E-state index contributed by atoms with van der Waals surface area (Å²) in [6, 6.07) is 0.986. The number of nitrogens with two attached hydrogens (primary N) is 1. The lowest BCUT2D eigenvalue weighted by atomic mass is 9.95. The standard InChI is InChI=1S/C7H16N2.C2H8O2Si/c1-5(8)7-3-4-9-6(7)2;1-3-5-4-2/h5-7,9H,3-4,8H2,1-2H3;5H2,1-2H3. The molecule has 1 saturated heterocycles. The van der Waals surface area contributed by atoms with E-state index in [1.165, 1.54) is 6.42 Å². The molecular weight excluding hydrogens is 196 g/mol. The molecule has 1 heterocycles. The van der Waals surface area contributed by atoms with Gasteiger partial charge in [-0.05, 0) is 32.7 Å². The van der Waals surface area contributed by atoms with Gasteiger partial charge < -0.3 is 19.9 Å². The first kappa shape index (κ1) is 14.1. The van der Waals surface area contributed by atoms with E-state index in [4.69, 9.17) is 5.73 Å². The van der Waals surface area contributed by atoms with Gasteiger partial charge in [0, 0.05) is 26.3 Å². The van der Waals surface area contributed by atoms with Crippen LogP contribution in [-0.4, -0.2) is 42.9 Å². The highest BCUT2D eigenvalue weighted by Gasteiger charge is 2.25. The second-order valence-corrected chi connectivity index (χ2v) is 5.14. The molecule has 1 fully saturated rings. The summed E-state index contributed by atoms with van der Waals surface area (Å²) < 4.78 is 9.22. The van der Waals surface area contributed by atoms with Crippen LogP contribution in [0.25, 0.3) is 0 Å². The van der Waals surface area contributed by atoms with Crippen LogP contribution in [-0.2, 0) is 8.85 Å². The zero-order valence-corrected chi connectivity index (χ0v) is 11.2. The molecule has 4 nitrogen and oxygen atoms in total. The van der Waals surface area contributed by atoms with Crippen molar-refractivity contribution in [2.45, 2.75) is 32.4 Å². The van der Waals surface area contributed by atoms with Crippen LogP contribution in [0.5, 0.6) is 0 Å². The maximum absolute atomic E-state index is 5.75. The minimum Gasteiger partial charge on any atom is -0.402 e. The van der Waals surface area contributed by atoms with Crippen molar-refractivity contribution >= 4 is 10.0 Å². The first-order valence-electron chi connectivity index (χ1n) is 5.10. The van der Waals surface area contributed by atoms with Gasteiger partial charge in [-0.25, -0.2) is 0 Å². The molecule has 5 heteroatoms. The normalized spacial score (nSPS) is 28.1. The number of hydrogen-bond donors (Lipinski definition) is 2. The number of nitrogens with one attached hydrogen (secondary N) is 1. The molecular formula is C9H24N2O2Si. The van der Waals surface area contributed by atoms with E-state index in [0.717, 1.165) is 6.54 Å².